The van der Waals surface area contributed by atoms with E-state index in [4.69, 9.17) is 15.1 Å². The third-order valence-corrected chi connectivity index (χ3v) is 0. The minimum absolute atomic E-state index is 0. The first-order chi connectivity index (χ1) is 1.73. The van der Waals surface area contributed by atoms with Gasteiger partial charge in [0.05, 0.1) is 0 Å². The van der Waals surface area contributed by atoms with Crippen LogP contribution in [-0.4, -0.2) is 49.7 Å². The van der Waals surface area contributed by atoms with Crippen molar-refractivity contribution in [3.8, 4) is 0 Å². The van der Waals surface area contributed by atoms with Crippen LogP contribution in [0.4, 0.5) is 0 Å². The van der Waals surface area contributed by atoms with Gasteiger partial charge in [-0.1, -0.05) is 0 Å². The normalized spacial score (nSPS) is 4.50. The van der Waals surface area contributed by atoms with Crippen molar-refractivity contribution in [3.05, 3.63) is 0 Å². The summed E-state index contributed by atoms with van der Waals surface area (Å²) in [5.41, 5.74) is 0. The van der Waals surface area contributed by atoms with Crippen molar-refractivity contribution in [2.24, 2.45) is 0 Å². The van der Waals surface area contributed by atoms with Crippen molar-refractivity contribution in [3.63, 3.8) is 0 Å². The third kappa shape index (κ3) is 35.3. The summed E-state index contributed by atoms with van der Waals surface area (Å²) in [6.07, 6.45) is 0. The van der Waals surface area contributed by atoms with Gasteiger partial charge in [-0.2, -0.15) is 0 Å². The Balaban J connectivity index is -0.0000000450. The van der Waals surface area contributed by atoms with E-state index < -0.39 is 7.32 Å². The monoisotopic (exact) mass is 431 g/mol. The van der Waals surface area contributed by atoms with Gasteiger partial charge in [0, 0.05) is 38.6 Å². The van der Waals surface area contributed by atoms with Gasteiger partial charge in [-0.3, -0.25) is 0 Å². The van der Waals surface area contributed by atoms with E-state index in [2.05, 4.69) is 0 Å². The summed E-state index contributed by atoms with van der Waals surface area (Å²) in [5, 5.41) is 21.5. The van der Waals surface area contributed by atoms with Crippen molar-refractivity contribution in [1.29, 1.82) is 0 Å². The predicted octanol–water partition coefficient (Wildman–Crippen LogP) is -2.97. The van der Waals surface area contributed by atoms with E-state index in [1.807, 2.05) is 0 Å². The standard InChI is InChI=1S/BH3O3.Pb.Tb.2H/c2-1(3)4;;;;/h2-4H;;;;. The number of hydrogen-bond donors (Lipinski definition) is 3. The molecule has 0 bridgehead atoms. The van der Waals surface area contributed by atoms with Crippen molar-refractivity contribution in [1.82, 2.24) is 0 Å². The molecule has 0 saturated heterocycles. The van der Waals surface area contributed by atoms with Crippen LogP contribution in [0.3, 0.4) is 0 Å². The Morgan fingerprint density at radius 3 is 1.00 bits per heavy atom. The molecule has 0 unspecified atom stereocenters. The second kappa shape index (κ2) is 10.2. The Morgan fingerprint density at radius 1 is 1.00 bits per heavy atom. The van der Waals surface area contributed by atoms with Crippen LogP contribution in [-0.2, 0) is 0 Å². The van der Waals surface area contributed by atoms with E-state index in [0.717, 1.165) is 0 Å². The van der Waals surface area contributed by atoms with Gasteiger partial charge in [0.15, 0.2) is 0 Å². The zero-order chi connectivity index (χ0) is 3.58. The van der Waals surface area contributed by atoms with Gasteiger partial charge in [0.1, 0.15) is 0 Å². The molecule has 0 aromatic heterocycles. The molecule has 0 heterocycles. The zero-order valence-electron chi connectivity index (χ0n) is 2.96. The smallest absolute Gasteiger partial charge is 0 e. The topological polar surface area (TPSA) is 60.7 Å². The fourth-order valence-corrected chi connectivity index (χ4v) is 0. The Labute approximate surface area is 86.9 Å². The zero-order valence-corrected chi connectivity index (χ0v) is 10.6. The molecule has 3 radical (unpaired) electrons. The average Bonchev–Trinajstić information content (AvgIpc) is 0.811. The van der Waals surface area contributed by atoms with Crippen molar-refractivity contribution < 1.29 is 53.7 Å². The SMILES string of the molecule is OB(O)O.[PbH2].[Tb]. The third-order valence-electron chi connectivity index (χ3n) is 0. The molecule has 0 fully saturated rings. The van der Waals surface area contributed by atoms with E-state index in [9.17, 15) is 0 Å². The molecule has 0 saturated carbocycles. The Morgan fingerprint density at radius 2 is 1.00 bits per heavy atom. The van der Waals surface area contributed by atoms with Gasteiger partial charge in [0.2, 0.25) is 0 Å². The van der Waals surface area contributed by atoms with E-state index >= 15 is 0 Å². The van der Waals surface area contributed by atoms with Gasteiger partial charge >= 0.3 is 34.6 Å². The molecule has 39 valence electrons. The minimum atomic E-state index is -2.17. The predicted molar refractivity (Wildman–Crippen MR) is 21.0 cm³/mol. The van der Waals surface area contributed by atoms with Gasteiger partial charge in [-0.05, 0) is 0 Å². The summed E-state index contributed by atoms with van der Waals surface area (Å²) in [5.74, 6) is 0. The maximum absolute atomic E-state index is 7.17. The van der Waals surface area contributed by atoms with Gasteiger partial charge < -0.3 is 15.1 Å². The van der Waals surface area contributed by atoms with Crippen LogP contribution in [0.1, 0.15) is 0 Å². The number of hydrogen-bond acceptors (Lipinski definition) is 3. The van der Waals surface area contributed by atoms with Crippen LogP contribution >= 0.6 is 0 Å². The second-order valence-electron chi connectivity index (χ2n) is 0.346. The van der Waals surface area contributed by atoms with Crippen molar-refractivity contribution in [2.45, 2.75) is 0 Å². The van der Waals surface area contributed by atoms with Crippen LogP contribution in [0.15, 0.2) is 0 Å². The molecule has 3 nitrogen and oxygen atoms in total. The molecule has 6 heteroatoms. The van der Waals surface area contributed by atoms with Crippen LogP contribution < -0.4 is 0 Å². The first kappa shape index (κ1) is 15.7. The summed E-state index contributed by atoms with van der Waals surface area (Å²) in [6, 6.07) is 0. The van der Waals surface area contributed by atoms with E-state index in [1.54, 1.807) is 0 Å². The summed E-state index contributed by atoms with van der Waals surface area (Å²) in [7, 11) is -2.17. The fourth-order valence-electron chi connectivity index (χ4n) is 0. The molecule has 0 aliphatic heterocycles. The molecule has 3 N–H and O–H groups in total. The van der Waals surface area contributed by atoms with Gasteiger partial charge in [0.25, 0.3) is 0 Å². The molecule has 0 atom stereocenters. The quantitative estimate of drug-likeness (QED) is 0.360. The van der Waals surface area contributed by atoms with E-state index in [1.165, 1.54) is 0 Å². The van der Waals surface area contributed by atoms with Crippen LogP contribution in [0, 0.1) is 38.6 Å². The summed E-state index contributed by atoms with van der Waals surface area (Å²) >= 11 is 0. The van der Waals surface area contributed by atoms with E-state index in [-0.39, 0.29) is 65.9 Å². The first-order valence-electron chi connectivity index (χ1n) is 0.775. The summed E-state index contributed by atoms with van der Waals surface area (Å²) in [6.45, 7) is 0. The molecule has 6 heavy (non-hydrogen) atoms. The Kier molecular flexibility index (Phi) is 26.7. The maximum Gasteiger partial charge on any atom is 0 e. The van der Waals surface area contributed by atoms with Crippen molar-refractivity contribution in [2.75, 3.05) is 0 Å². The molecule has 0 aliphatic carbocycles. The maximum atomic E-state index is 7.17. The molecular formula is H5BO3PbTb. The van der Waals surface area contributed by atoms with Crippen LogP contribution in [0.5, 0.6) is 0 Å². The summed E-state index contributed by atoms with van der Waals surface area (Å²) in [4.78, 5) is 0. The molecule has 0 aliphatic rings. The largest absolute Gasteiger partial charge is 0 e. The molecule has 0 rings (SSSR count). The Hall–Kier alpha value is 2.15. The van der Waals surface area contributed by atoms with Crippen LogP contribution in [0.25, 0.3) is 0 Å². The molecule has 0 aromatic carbocycles. The molecule has 0 amide bonds. The first-order valence-corrected chi connectivity index (χ1v) is 0.775. The second-order valence-corrected chi connectivity index (χ2v) is 0.346. The van der Waals surface area contributed by atoms with Crippen molar-refractivity contribution >= 4 is 34.6 Å². The molecule has 0 spiro atoms. The van der Waals surface area contributed by atoms with E-state index in [0.29, 0.717) is 0 Å². The summed E-state index contributed by atoms with van der Waals surface area (Å²) < 4.78 is 0. The van der Waals surface area contributed by atoms with Gasteiger partial charge in [-0.15, -0.1) is 0 Å². The van der Waals surface area contributed by atoms with Gasteiger partial charge in [-0.25, -0.2) is 0 Å². The fraction of sp³-hybridized carbons (Fsp3) is 0. The minimum Gasteiger partial charge on any atom is 0 e. The average molecular weight is 430 g/mol. The molecule has 0 aromatic rings. The Bertz CT molecular complexity index is 15.5. The number of rotatable bonds is 0. The van der Waals surface area contributed by atoms with Crippen LogP contribution in [0.2, 0.25) is 0 Å². The molecular weight excluding hydrogens is 425 g/mol.